The summed E-state index contributed by atoms with van der Waals surface area (Å²) < 4.78 is 36.1. The van der Waals surface area contributed by atoms with Gasteiger partial charge in [-0.25, -0.2) is 0 Å². The highest BCUT2D eigenvalue weighted by Gasteiger charge is 2.47. The Hall–Kier alpha value is -2.61. The maximum absolute atomic E-state index is 13.4. The summed E-state index contributed by atoms with van der Waals surface area (Å²) in [6.07, 6.45) is 36.5. The molecule has 86 heavy (non-hydrogen) atoms. The van der Waals surface area contributed by atoms with Crippen molar-refractivity contribution in [2.24, 2.45) is 11.8 Å². The fourth-order valence-corrected chi connectivity index (χ4v) is 14.9. The first-order chi connectivity index (χ1) is 39.7. The maximum Gasteiger partial charge on any atom is 0.305 e. The first-order valence-electron chi connectivity index (χ1n) is 33.0. The molecule has 10 nitrogen and oxygen atoms in total. The van der Waals surface area contributed by atoms with E-state index in [1.807, 2.05) is 29.6 Å². The fraction of sp³-hybridized carbons (Fsp3) is 0.746. The number of carbonyl (C=O) groups excluding carboxylic acids is 4. The Bertz CT molecular complexity index is 2280. The number of allylic oxidation sites excluding steroid dienone is 6. The van der Waals surface area contributed by atoms with Crippen molar-refractivity contribution >= 4 is 68.1 Å². The third-order valence-electron chi connectivity index (χ3n) is 18.9. The van der Waals surface area contributed by atoms with Crippen LogP contribution in [0.4, 0.5) is 0 Å². The Balaban J connectivity index is 0.000000688. The van der Waals surface area contributed by atoms with Crippen LogP contribution in [0, 0.1) is 11.8 Å². The molecular weight excluding hydrogens is 1160 g/mol. The van der Waals surface area contributed by atoms with E-state index in [0.29, 0.717) is 44.3 Å². The van der Waals surface area contributed by atoms with Crippen LogP contribution < -0.4 is 0 Å². The number of hydrogen-bond donors (Lipinski definition) is 0. The molecule has 0 aromatic carbocycles. The van der Waals surface area contributed by atoms with Crippen LogP contribution in [-0.4, -0.2) is 95.4 Å². The minimum absolute atomic E-state index is 0.0398. The highest BCUT2D eigenvalue weighted by molar-refractivity contribution is 7.09. The first-order valence-corrected chi connectivity index (χ1v) is 45.5. The Morgan fingerprint density at radius 1 is 0.593 bits per heavy atom. The number of rotatable bonds is 33. The quantitative estimate of drug-likeness (QED) is 0.0291. The third kappa shape index (κ3) is 30.5. The van der Waals surface area contributed by atoms with E-state index < -0.39 is 33.3 Å². The summed E-state index contributed by atoms with van der Waals surface area (Å²) in [4.78, 5) is 49.3. The number of unbranched alkanes of at least 4 members (excludes halogenated alkanes) is 6. The summed E-state index contributed by atoms with van der Waals surface area (Å²) in [5.41, 5.74) is 0.850. The van der Waals surface area contributed by atoms with Gasteiger partial charge in [-0.2, -0.15) is 0 Å². The molecule has 3 rings (SSSR count). The van der Waals surface area contributed by atoms with Gasteiger partial charge in [0.15, 0.2) is 39.1 Å². The summed E-state index contributed by atoms with van der Waals surface area (Å²) in [6, 6.07) is 4.33. The first kappa shape index (κ1) is 81.4. The van der Waals surface area contributed by atoms with E-state index in [4.69, 9.17) is 22.4 Å². The number of Topliss-reactive ketones (excluding diaryl/α,β-unsaturated/α-hetero) is 2. The lowest BCUT2D eigenvalue weighted by Crippen LogP contribution is -2.45. The van der Waals surface area contributed by atoms with Crippen LogP contribution in [-0.2, 0) is 52.8 Å². The average molecular weight is 1290 g/mol. The second-order valence-corrected chi connectivity index (χ2v) is 50.3. The average Bonchev–Trinajstić information content (AvgIpc) is 3.09. The molecule has 0 amide bonds. The van der Waals surface area contributed by atoms with Crippen molar-refractivity contribution in [2.75, 3.05) is 14.2 Å². The predicted octanol–water partition coefficient (Wildman–Crippen LogP) is 20.8. The van der Waals surface area contributed by atoms with E-state index >= 15 is 0 Å². The molecule has 0 spiro atoms. The Morgan fingerprint density at radius 3 is 1.52 bits per heavy atom. The van der Waals surface area contributed by atoms with E-state index in [2.05, 4.69) is 208 Å². The van der Waals surface area contributed by atoms with E-state index in [1.54, 1.807) is 0 Å². The number of hydrogen-bond acceptors (Lipinski definition) is 11. The predicted molar refractivity (Wildman–Crippen MR) is 376 cm³/mol. The Kier molecular flexibility index (Phi) is 36.2. The van der Waals surface area contributed by atoms with Crippen LogP contribution in [0.1, 0.15) is 217 Å². The number of ketones is 2. The van der Waals surface area contributed by atoms with Crippen LogP contribution in [0.25, 0.3) is 0 Å². The fourth-order valence-electron chi connectivity index (χ4n) is 9.01. The lowest BCUT2D eigenvalue weighted by Gasteiger charge is -2.40. The molecule has 4 unspecified atom stereocenters. The van der Waals surface area contributed by atoms with Gasteiger partial charge >= 0.3 is 11.9 Å². The van der Waals surface area contributed by atoms with Crippen LogP contribution in [0.15, 0.2) is 77.8 Å². The zero-order valence-electron chi connectivity index (χ0n) is 59.3. The van der Waals surface area contributed by atoms with Gasteiger partial charge in [-0.15, -0.1) is 11.3 Å². The summed E-state index contributed by atoms with van der Waals surface area (Å²) in [7, 11) is -4.72. The van der Waals surface area contributed by atoms with Gasteiger partial charge in [-0.05, 0) is 153 Å². The molecule has 0 saturated heterocycles. The van der Waals surface area contributed by atoms with Gasteiger partial charge in [-0.3, -0.25) is 19.2 Å². The molecule has 1 heterocycles. The highest BCUT2D eigenvalue weighted by atomic mass is 32.1. The number of thiophene rings is 1. The second-order valence-electron chi connectivity index (χ2n) is 30.2. The summed E-state index contributed by atoms with van der Waals surface area (Å²) in [5, 5.41) is 2.79. The molecule has 0 bridgehead atoms. The molecule has 6 atom stereocenters. The SMILES string of the molecule is CCCCCC(/C=C/Cc1cccs1)O[Si](C)(C)C(C)(C)C.CCCCCC(/C=C/[C@H]1C(O[Si](C)(C)C(C)(C)C)CC(=O)[C@@H]1C/C=C\CCCC(=O)OC)O[Si](C)(C)C(C)(C)C.COC(=O)CCC/C=C\CC1=CC(O[Si](C)(C)C(C)(C)C)CC1=O. The lowest BCUT2D eigenvalue weighted by molar-refractivity contribution is -0.141. The third-order valence-corrected chi connectivity index (χ3v) is 37.8. The molecular formula is C71H128O10SSi4. The molecule has 1 saturated carbocycles. The van der Waals surface area contributed by atoms with Crippen molar-refractivity contribution in [1.29, 1.82) is 0 Å². The molecule has 0 N–H and O–H groups in total. The highest BCUT2D eigenvalue weighted by Crippen LogP contribution is 2.44. The zero-order chi connectivity index (χ0) is 65.8. The van der Waals surface area contributed by atoms with Crippen LogP contribution >= 0.6 is 11.3 Å². The van der Waals surface area contributed by atoms with Gasteiger partial charge in [0, 0.05) is 42.4 Å². The number of ether oxygens (including phenoxy) is 2. The molecule has 1 aromatic heterocycles. The second kappa shape index (κ2) is 38.3. The van der Waals surface area contributed by atoms with Crippen LogP contribution in [0.3, 0.4) is 0 Å². The topological polar surface area (TPSA) is 124 Å². The van der Waals surface area contributed by atoms with Crippen molar-refractivity contribution < 1.29 is 46.4 Å². The van der Waals surface area contributed by atoms with Crippen molar-refractivity contribution in [3.8, 4) is 0 Å². The summed E-state index contributed by atoms with van der Waals surface area (Å²) >= 11 is 1.83. The lowest BCUT2D eigenvalue weighted by atomic mass is 9.90. The minimum atomic E-state index is -2.05. The largest absolute Gasteiger partial charge is 0.469 e. The van der Waals surface area contributed by atoms with E-state index in [-0.39, 0.29) is 74.1 Å². The van der Waals surface area contributed by atoms with Gasteiger partial charge in [0.25, 0.3) is 0 Å². The molecule has 1 fully saturated rings. The molecule has 2 aliphatic rings. The van der Waals surface area contributed by atoms with Gasteiger partial charge in [0.1, 0.15) is 5.78 Å². The molecule has 15 heteroatoms. The van der Waals surface area contributed by atoms with Crippen molar-refractivity contribution in [2.45, 2.75) is 316 Å². The molecule has 1 aromatic rings. The van der Waals surface area contributed by atoms with Gasteiger partial charge in [0.05, 0.1) is 38.6 Å². The van der Waals surface area contributed by atoms with Crippen molar-refractivity contribution in [3.63, 3.8) is 0 Å². The van der Waals surface area contributed by atoms with E-state index in [9.17, 15) is 19.2 Å². The number of carbonyl (C=O) groups is 4. The Labute approximate surface area is 535 Å². The number of esters is 2. The standard InChI is InChI=1S/C33H62O5Si2.C19H32O4Si.C19H34OSSi/c1-13-14-17-20-26(37-39(9,10)32(2,3)4)23-24-28-27(21-18-15-16-19-22-31(35)36-8)29(34)25-30(28)38-40(11,12)33(5,6)7;1-19(2,3)24(5,6)23-16-13-15(17(20)14-16)11-9-7-8-10-12-18(21)22-4;1-7-8-9-12-17(20-22(5,6)19(2,3)4)13-10-14-18-15-11-16-21-18/h15,18,23-24,26-28,30H,13-14,16-17,19-22,25H2,1-12H3;7,9,13,16H,8,10-12,14H2,1-6H3;10-11,13,15-17H,7-9,12,14H2,1-6H3/b18-15-,24-23+;9-7-;13-10+/t26?,27-,28-,30?;;/m1../s1. The molecule has 0 radical (unpaired) electrons. The zero-order valence-corrected chi connectivity index (χ0v) is 64.1. The van der Waals surface area contributed by atoms with Crippen LogP contribution in [0.5, 0.6) is 0 Å². The summed E-state index contributed by atoms with van der Waals surface area (Å²) in [5.74, 6) is 0.0831. The van der Waals surface area contributed by atoms with E-state index in [0.717, 1.165) is 56.9 Å². The summed E-state index contributed by atoms with van der Waals surface area (Å²) in [6.45, 7) is 50.0. The normalized spacial score (nSPS) is 19.3. The number of methoxy groups -OCH3 is 2. The van der Waals surface area contributed by atoms with E-state index in [1.165, 1.54) is 51.2 Å². The van der Waals surface area contributed by atoms with Gasteiger partial charge in [0.2, 0.25) is 0 Å². The Morgan fingerprint density at radius 2 is 1.07 bits per heavy atom. The maximum atomic E-state index is 13.4. The van der Waals surface area contributed by atoms with Gasteiger partial charge in [-0.1, -0.05) is 190 Å². The molecule has 494 valence electrons. The van der Waals surface area contributed by atoms with Crippen molar-refractivity contribution in [1.82, 2.24) is 0 Å². The monoisotopic (exact) mass is 1280 g/mol. The molecule has 0 aliphatic heterocycles. The smallest absolute Gasteiger partial charge is 0.305 e. The minimum Gasteiger partial charge on any atom is -0.469 e. The van der Waals surface area contributed by atoms with Gasteiger partial charge < -0.3 is 27.2 Å². The van der Waals surface area contributed by atoms with Crippen LogP contribution in [0.2, 0.25) is 72.5 Å². The van der Waals surface area contributed by atoms with Crippen molar-refractivity contribution in [3.05, 3.63) is 82.6 Å². The molecule has 2 aliphatic carbocycles.